The second kappa shape index (κ2) is 8.40. The van der Waals surface area contributed by atoms with Crippen LogP contribution in [0.25, 0.3) is 0 Å². The van der Waals surface area contributed by atoms with E-state index in [1.54, 1.807) is 6.92 Å². The van der Waals surface area contributed by atoms with Gasteiger partial charge in [-0.15, -0.1) is 5.10 Å². The molecular weight excluding hydrogens is 425 g/mol. The van der Waals surface area contributed by atoms with E-state index < -0.39 is 12.2 Å². The lowest BCUT2D eigenvalue weighted by atomic mass is 10.0. The van der Waals surface area contributed by atoms with E-state index in [1.807, 2.05) is 11.6 Å². The van der Waals surface area contributed by atoms with Crippen LogP contribution >= 0.6 is 11.6 Å². The minimum atomic E-state index is -1.27. The number of nitrogens with one attached hydrogen (secondary N) is 2. The molecule has 1 unspecified atom stereocenters. The Kier molecular flexibility index (Phi) is 5.61. The molecule has 3 atom stereocenters. The van der Waals surface area contributed by atoms with Crippen molar-refractivity contribution >= 4 is 29.1 Å². The van der Waals surface area contributed by atoms with Crippen molar-refractivity contribution in [3.05, 3.63) is 16.9 Å². The Morgan fingerprint density at radius 3 is 2.87 bits per heavy atom. The number of rotatable bonds is 2. The molecule has 0 spiro atoms. The normalized spacial score (nSPS) is 27.2. The maximum absolute atomic E-state index is 14.7. The highest BCUT2D eigenvalue weighted by molar-refractivity contribution is 6.32. The van der Waals surface area contributed by atoms with Gasteiger partial charge in [0.2, 0.25) is 5.95 Å². The van der Waals surface area contributed by atoms with Crippen molar-refractivity contribution in [2.24, 2.45) is 0 Å². The Balaban J connectivity index is 1.40. The van der Waals surface area contributed by atoms with Gasteiger partial charge < -0.3 is 20.1 Å². The number of aromatic nitrogens is 4. The molecule has 0 saturated carbocycles. The van der Waals surface area contributed by atoms with Crippen molar-refractivity contribution < 1.29 is 13.9 Å². The van der Waals surface area contributed by atoms with Gasteiger partial charge in [-0.2, -0.15) is 4.98 Å². The van der Waals surface area contributed by atoms with E-state index in [0.29, 0.717) is 34.4 Å². The summed E-state index contributed by atoms with van der Waals surface area (Å²) in [5.74, 6) is 1.08. The summed E-state index contributed by atoms with van der Waals surface area (Å²) in [6, 6.07) is 0.174. The Bertz CT molecular complexity index is 946. The Labute approximate surface area is 185 Å². The summed E-state index contributed by atoms with van der Waals surface area (Å²) in [7, 11) is 0. The molecule has 2 aromatic rings. The average Bonchev–Trinajstić information content (AvgIpc) is 3.02. The number of fused-ring (bicyclic) bond motifs is 3. The number of halogens is 2. The lowest BCUT2D eigenvalue weighted by molar-refractivity contribution is -0.0295. The van der Waals surface area contributed by atoms with Crippen LogP contribution in [0.15, 0.2) is 6.20 Å². The molecule has 9 nitrogen and oxygen atoms in total. The summed E-state index contributed by atoms with van der Waals surface area (Å²) in [6.07, 6.45) is 2.51. The van der Waals surface area contributed by atoms with Crippen LogP contribution in [0, 0.1) is 6.92 Å². The first-order chi connectivity index (χ1) is 15.0. The molecule has 2 fully saturated rings. The minimum absolute atomic E-state index is 0.128. The highest BCUT2D eigenvalue weighted by Crippen LogP contribution is 2.36. The lowest BCUT2D eigenvalue weighted by Gasteiger charge is -2.45. The molecule has 5 heterocycles. The molecule has 0 radical (unpaired) electrons. The van der Waals surface area contributed by atoms with Crippen molar-refractivity contribution in [1.29, 1.82) is 0 Å². The SMILES string of the molecule is Cc1c2c(nn1C1CN(C3CCCOC3)C1)OC[C@@H](F)[C@@H](C)Nc1nc(ncc1Cl)N2. The van der Waals surface area contributed by atoms with Crippen molar-refractivity contribution in [1.82, 2.24) is 24.6 Å². The average molecular weight is 452 g/mol. The zero-order valence-electron chi connectivity index (χ0n) is 17.6. The third-order valence-electron chi connectivity index (χ3n) is 6.27. The molecule has 168 valence electrons. The summed E-state index contributed by atoms with van der Waals surface area (Å²) in [4.78, 5) is 11.1. The maximum atomic E-state index is 14.7. The predicted octanol–water partition coefficient (Wildman–Crippen LogP) is 2.95. The van der Waals surface area contributed by atoms with Gasteiger partial charge in [0.15, 0.2) is 12.0 Å². The topological polar surface area (TPSA) is 89.4 Å². The smallest absolute Gasteiger partial charge is 0.257 e. The molecule has 0 aliphatic carbocycles. The van der Waals surface area contributed by atoms with Crippen LogP contribution in [-0.4, -0.2) is 75.8 Å². The Morgan fingerprint density at radius 2 is 2.10 bits per heavy atom. The van der Waals surface area contributed by atoms with Crippen LogP contribution in [-0.2, 0) is 4.74 Å². The first kappa shape index (κ1) is 20.7. The molecule has 2 bridgehead atoms. The van der Waals surface area contributed by atoms with E-state index in [-0.39, 0.29) is 12.6 Å². The molecule has 3 aliphatic rings. The summed E-state index contributed by atoms with van der Waals surface area (Å²) < 4.78 is 28.1. The zero-order chi connectivity index (χ0) is 21.5. The van der Waals surface area contributed by atoms with E-state index in [0.717, 1.165) is 38.4 Å². The zero-order valence-corrected chi connectivity index (χ0v) is 18.4. The molecule has 3 aliphatic heterocycles. The van der Waals surface area contributed by atoms with Crippen molar-refractivity contribution in [2.45, 2.75) is 51.0 Å². The van der Waals surface area contributed by atoms with E-state index in [4.69, 9.17) is 21.1 Å². The first-order valence-corrected chi connectivity index (χ1v) is 11.1. The number of alkyl halides is 1. The number of anilines is 3. The molecule has 2 N–H and O–H groups in total. The van der Waals surface area contributed by atoms with Gasteiger partial charge >= 0.3 is 0 Å². The number of nitrogens with zero attached hydrogens (tertiary/aromatic N) is 5. The first-order valence-electron chi connectivity index (χ1n) is 10.7. The monoisotopic (exact) mass is 451 g/mol. The van der Waals surface area contributed by atoms with Gasteiger partial charge in [0, 0.05) is 25.7 Å². The summed E-state index contributed by atoms with van der Waals surface area (Å²) in [5.41, 5.74) is 1.55. The number of ether oxygens (including phenoxy) is 2. The van der Waals surface area contributed by atoms with E-state index in [9.17, 15) is 4.39 Å². The second-order valence-corrected chi connectivity index (χ2v) is 8.87. The van der Waals surface area contributed by atoms with E-state index in [2.05, 4.69) is 30.6 Å². The molecular formula is C20H27ClFN7O2. The molecule has 2 aromatic heterocycles. The van der Waals surface area contributed by atoms with E-state index >= 15 is 0 Å². The van der Waals surface area contributed by atoms with Crippen molar-refractivity contribution in [3.63, 3.8) is 0 Å². The third kappa shape index (κ3) is 4.04. The van der Waals surface area contributed by atoms with E-state index in [1.165, 1.54) is 12.6 Å². The number of hydrogen-bond acceptors (Lipinski definition) is 8. The van der Waals surface area contributed by atoms with Gasteiger partial charge in [-0.3, -0.25) is 9.58 Å². The molecule has 0 aromatic carbocycles. The van der Waals surface area contributed by atoms with Gasteiger partial charge in [-0.1, -0.05) is 11.6 Å². The molecule has 2 saturated heterocycles. The minimum Gasteiger partial charge on any atom is -0.472 e. The van der Waals surface area contributed by atoms with Crippen molar-refractivity contribution in [3.8, 4) is 5.88 Å². The number of likely N-dealkylation sites (tertiary alicyclic amines) is 1. The summed E-state index contributed by atoms with van der Waals surface area (Å²) in [5, 5.41) is 11.2. The fraction of sp³-hybridized carbons (Fsp3) is 0.650. The van der Waals surface area contributed by atoms with Gasteiger partial charge in [0.25, 0.3) is 5.88 Å². The highest BCUT2D eigenvalue weighted by Gasteiger charge is 2.37. The maximum Gasteiger partial charge on any atom is 0.257 e. The molecule has 0 amide bonds. The standard InChI is InChI=1S/C20H27ClFN7O2/c1-11-16(22)10-31-19-17(25-20-23-6-15(21)18(24-11)26-20)12(2)29(27-19)14-7-28(8-14)13-4-3-5-30-9-13/h6,11,13-14,16H,3-5,7-10H2,1-2H3,(H2,23,24,25,26)/t11-,13?,16-/m1/s1. The lowest BCUT2D eigenvalue weighted by Crippen LogP contribution is -2.55. The highest BCUT2D eigenvalue weighted by atomic mass is 35.5. The fourth-order valence-corrected chi connectivity index (χ4v) is 4.44. The summed E-state index contributed by atoms with van der Waals surface area (Å²) >= 11 is 6.19. The van der Waals surface area contributed by atoms with Gasteiger partial charge in [0.1, 0.15) is 17.3 Å². The van der Waals surface area contributed by atoms with Gasteiger partial charge in [0.05, 0.1) is 30.6 Å². The molecule has 5 rings (SSSR count). The molecule has 11 heteroatoms. The van der Waals surface area contributed by atoms with Crippen LogP contribution in [0.1, 0.15) is 31.5 Å². The van der Waals surface area contributed by atoms with Gasteiger partial charge in [-0.05, 0) is 26.7 Å². The Hall–Kier alpha value is -2.17. The largest absolute Gasteiger partial charge is 0.472 e. The van der Waals surface area contributed by atoms with Crippen LogP contribution < -0.4 is 15.4 Å². The van der Waals surface area contributed by atoms with Crippen LogP contribution in [0.2, 0.25) is 5.02 Å². The number of hydrogen-bond donors (Lipinski definition) is 2. The van der Waals surface area contributed by atoms with Gasteiger partial charge in [-0.25, -0.2) is 9.37 Å². The van der Waals surface area contributed by atoms with Crippen LogP contribution in [0.3, 0.4) is 0 Å². The quantitative estimate of drug-likeness (QED) is 0.720. The summed E-state index contributed by atoms with van der Waals surface area (Å²) in [6.45, 7) is 7.04. The predicted molar refractivity (Wildman–Crippen MR) is 115 cm³/mol. The Morgan fingerprint density at radius 1 is 1.26 bits per heavy atom. The van der Waals surface area contributed by atoms with Crippen molar-refractivity contribution in [2.75, 3.05) is 43.5 Å². The second-order valence-electron chi connectivity index (χ2n) is 8.46. The van der Waals surface area contributed by atoms with Crippen LogP contribution in [0.5, 0.6) is 5.88 Å². The third-order valence-corrected chi connectivity index (χ3v) is 6.55. The van der Waals surface area contributed by atoms with Crippen LogP contribution in [0.4, 0.5) is 21.8 Å². The fourth-order valence-electron chi connectivity index (χ4n) is 4.29. The molecule has 31 heavy (non-hydrogen) atoms.